The Kier molecular flexibility index (Phi) is 7.06. The summed E-state index contributed by atoms with van der Waals surface area (Å²) < 4.78 is 1.21. The molecule has 1 aromatic rings. The highest BCUT2D eigenvalue weighted by Crippen LogP contribution is 2.07. The summed E-state index contributed by atoms with van der Waals surface area (Å²) in [5.74, 6) is 1.49. The number of hydrogen-bond acceptors (Lipinski definition) is 5. The second-order valence-electron chi connectivity index (χ2n) is 4.78. The zero-order chi connectivity index (χ0) is 15.0. The Morgan fingerprint density at radius 3 is 2.85 bits per heavy atom. The summed E-state index contributed by atoms with van der Waals surface area (Å²) in [6.45, 7) is 4.96. The predicted molar refractivity (Wildman–Crippen MR) is 76.8 cm³/mol. The summed E-state index contributed by atoms with van der Waals surface area (Å²) in [5, 5.41) is 18.5. The molecule has 0 aliphatic carbocycles. The van der Waals surface area contributed by atoms with Crippen molar-refractivity contribution < 1.29 is 14.7 Å². The van der Waals surface area contributed by atoms with Crippen LogP contribution in [0, 0.1) is 5.92 Å². The number of carboxylic acid groups (broad SMARTS) is 1. The van der Waals surface area contributed by atoms with Crippen LogP contribution < -0.4 is 5.32 Å². The highest BCUT2D eigenvalue weighted by Gasteiger charge is 2.10. The second-order valence-corrected chi connectivity index (χ2v) is 5.93. The maximum absolute atomic E-state index is 11.6. The number of carboxylic acids is 1. The van der Waals surface area contributed by atoms with Gasteiger partial charge in [0.15, 0.2) is 5.69 Å². The van der Waals surface area contributed by atoms with E-state index in [2.05, 4.69) is 29.5 Å². The van der Waals surface area contributed by atoms with Crippen LogP contribution >= 0.6 is 11.8 Å². The first-order chi connectivity index (χ1) is 9.49. The molecule has 1 amide bonds. The van der Waals surface area contributed by atoms with Crippen molar-refractivity contribution in [1.29, 1.82) is 0 Å². The molecule has 112 valence electrons. The molecule has 1 heterocycles. The van der Waals surface area contributed by atoms with Gasteiger partial charge in [-0.1, -0.05) is 19.1 Å². The highest BCUT2D eigenvalue weighted by atomic mass is 32.2. The lowest BCUT2D eigenvalue weighted by atomic mass is 10.3. The quantitative estimate of drug-likeness (QED) is 0.657. The molecule has 0 aliphatic rings. The van der Waals surface area contributed by atoms with Crippen LogP contribution in [0.5, 0.6) is 0 Å². The van der Waals surface area contributed by atoms with E-state index in [9.17, 15) is 9.59 Å². The lowest BCUT2D eigenvalue weighted by Gasteiger charge is -2.06. The molecule has 8 heteroatoms. The largest absolute Gasteiger partial charge is 0.476 e. The van der Waals surface area contributed by atoms with Crippen LogP contribution in [0.15, 0.2) is 6.20 Å². The molecule has 0 atom stereocenters. The summed E-state index contributed by atoms with van der Waals surface area (Å²) in [5.41, 5.74) is -0.164. The molecule has 0 saturated carbocycles. The van der Waals surface area contributed by atoms with Crippen molar-refractivity contribution >= 4 is 23.6 Å². The zero-order valence-corrected chi connectivity index (χ0v) is 12.5. The Balaban J connectivity index is 2.15. The molecule has 0 aromatic carbocycles. The highest BCUT2D eigenvalue weighted by molar-refractivity contribution is 7.99. The smallest absolute Gasteiger partial charge is 0.358 e. The van der Waals surface area contributed by atoms with Gasteiger partial charge in [-0.25, -0.2) is 9.48 Å². The van der Waals surface area contributed by atoms with Gasteiger partial charge in [0.05, 0.1) is 6.20 Å². The minimum Gasteiger partial charge on any atom is -0.476 e. The molecule has 0 fully saturated rings. The molecule has 1 aromatic heterocycles. The van der Waals surface area contributed by atoms with Crippen LogP contribution in [0.3, 0.4) is 0 Å². The van der Waals surface area contributed by atoms with Gasteiger partial charge >= 0.3 is 5.97 Å². The van der Waals surface area contributed by atoms with Crippen molar-refractivity contribution in [2.45, 2.75) is 26.8 Å². The molecule has 1 rings (SSSR count). The standard InChI is InChI=1S/C12H20N4O3S/c1-9(2)8-20-5-3-4-13-11(17)7-16-6-10(12(18)19)14-15-16/h6,9H,3-5,7-8H2,1-2H3,(H,13,17)(H,18,19). The number of carbonyl (C=O) groups excluding carboxylic acids is 1. The average molecular weight is 300 g/mol. The van der Waals surface area contributed by atoms with Gasteiger partial charge in [0.25, 0.3) is 0 Å². The van der Waals surface area contributed by atoms with Gasteiger partial charge in [-0.15, -0.1) is 5.10 Å². The third kappa shape index (κ3) is 6.55. The maximum atomic E-state index is 11.6. The van der Waals surface area contributed by atoms with Crippen LogP contribution in [0.2, 0.25) is 0 Å². The molecule has 0 radical (unpaired) electrons. The number of amides is 1. The molecule has 20 heavy (non-hydrogen) atoms. The molecular weight excluding hydrogens is 280 g/mol. The fourth-order valence-corrected chi connectivity index (χ4v) is 2.38. The van der Waals surface area contributed by atoms with E-state index in [-0.39, 0.29) is 18.1 Å². The van der Waals surface area contributed by atoms with Crippen molar-refractivity contribution in [1.82, 2.24) is 20.3 Å². The summed E-state index contributed by atoms with van der Waals surface area (Å²) in [6, 6.07) is 0. The lowest BCUT2D eigenvalue weighted by Crippen LogP contribution is -2.29. The van der Waals surface area contributed by atoms with Crippen LogP contribution in [0.4, 0.5) is 0 Å². The van der Waals surface area contributed by atoms with Gasteiger partial charge in [0.2, 0.25) is 5.91 Å². The van der Waals surface area contributed by atoms with Crippen LogP contribution in [-0.2, 0) is 11.3 Å². The van der Waals surface area contributed by atoms with Gasteiger partial charge in [0.1, 0.15) is 6.54 Å². The predicted octanol–water partition coefficient (Wildman–Crippen LogP) is 0.872. The third-order valence-electron chi connectivity index (χ3n) is 2.30. The number of hydrogen-bond donors (Lipinski definition) is 2. The molecule has 0 bridgehead atoms. The van der Waals surface area contributed by atoms with E-state index in [1.807, 2.05) is 11.8 Å². The number of carbonyl (C=O) groups is 2. The summed E-state index contributed by atoms with van der Waals surface area (Å²) >= 11 is 1.88. The number of thioether (sulfide) groups is 1. The normalized spacial score (nSPS) is 10.8. The first-order valence-corrected chi connectivity index (χ1v) is 7.62. The molecule has 0 aliphatic heterocycles. The van der Waals surface area contributed by atoms with Crippen molar-refractivity contribution in [3.63, 3.8) is 0 Å². The number of nitrogens with one attached hydrogen (secondary N) is 1. The fraction of sp³-hybridized carbons (Fsp3) is 0.667. The van der Waals surface area contributed by atoms with E-state index >= 15 is 0 Å². The van der Waals surface area contributed by atoms with Crippen molar-refractivity contribution in [3.8, 4) is 0 Å². The molecule has 0 unspecified atom stereocenters. The van der Waals surface area contributed by atoms with E-state index < -0.39 is 5.97 Å². The third-order valence-corrected chi connectivity index (χ3v) is 3.78. The Bertz CT molecular complexity index is 448. The first kappa shape index (κ1) is 16.5. The second kappa shape index (κ2) is 8.57. The van der Waals surface area contributed by atoms with Gasteiger partial charge in [-0.3, -0.25) is 4.79 Å². The van der Waals surface area contributed by atoms with Crippen molar-refractivity contribution in [3.05, 3.63) is 11.9 Å². The number of aromatic carboxylic acids is 1. The Morgan fingerprint density at radius 1 is 1.50 bits per heavy atom. The van der Waals surface area contributed by atoms with E-state index in [0.29, 0.717) is 12.5 Å². The van der Waals surface area contributed by atoms with Gasteiger partial charge in [0, 0.05) is 6.54 Å². The number of nitrogens with zero attached hydrogens (tertiary/aromatic N) is 3. The van der Waals surface area contributed by atoms with Gasteiger partial charge in [-0.05, 0) is 23.8 Å². The SMILES string of the molecule is CC(C)CSCCCNC(=O)Cn1cc(C(=O)O)nn1. The molecule has 0 saturated heterocycles. The summed E-state index contributed by atoms with van der Waals surface area (Å²) in [7, 11) is 0. The average Bonchev–Trinajstić information content (AvgIpc) is 2.81. The van der Waals surface area contributed by atoms with Crippen molar-refractivity contribution in [2.24, 2.45) is 5.92 Å². The fourth-order valence-electron chi connectivity index (χ4n) is 1.40. The minimum absolute atomic E-state index is 0.0145. The molecule has 7 nitrogen and oxygen atoms in total. The van der Waals surface area contributed by atoms with E-state index in [0.717, 1.165) is 17.9 Å². The Morgan fingerprint density at radius 2 is 2.25 bits per heavy atom. The zero-order valence-electron chi connectivity index (χ0n) is 11.7. The Labute approximate surface area is 122 Å². The minimum atomic E-state index is -1.15. The summed E-state index contributed by atoms with van der Waals surface area (Å²) in [6.07, 6.45) is 2.15. The van der Waals surface area contributed by atoms with E-state index in [4.69, 9.17) is 5.11 Å². The topological polar surface area (TPSA) is 97.1 Å². The molecular formula is C12H20N4O3S. The van der Waals surface area contributed by atoms with Crippen LogP contribution in [0.25, 0.3) is 0 Å². The monoisotopic (exact) mass is 300 g/mol. The molecule has 2 N–H and O–H groups in total. The van der Waals surface area contributed by atoms with E-state index in [1.54, 1.807) is 0 Å². The summed E-state index contributed by atoms with van der Waals surface area (Å²) in [4.78, 5) is 22.2. The lowest BCUT2D eigenvalue weighted by molar-refractivity contribution is -0.121. The van der Waals surface area contributed by atoms with E-state index in [1.165, 1.54) is 10.9 Å². The van der Waals surface area contributed by atoms with Gasteiger partial charge in [-0.2, -0.15) is 11.8 Å². The number of aromatic nitrogens is 3. The maximum Gasteiger partial charge on any atom is 0.358 e. The van der Waals surface area contributed by atoms with Crippen LogP contribution in [0.1, 0.15) is 30.8 Å². The van der Waals surface area contributed by atoms with Crippen molar-refractivity contribution in [2.75, 3.05) is 18.1 Å². The van der Waals surface area contributed by atoms with Gasteiger partial charge < -0.3 is 10.4 Å². The number of rotatable bonds is 9. The molecule has 0 spiro atoms. The Hall–Kier alpha value is -1.57. The van der Waals surface area contributed by atoms with Crippen LogP contribution in [-0.4, -0.2) is 50.0 Å². The first-order valence-electron chi connectivity index (χ1n) is 6.47.